The Morgan fingerprint density at radius 3 is 2.73 bits per heavy atom. The highest BCUT2D eigenvalue weighted by atomic mass is 127. The third-order valence-electron chi connectivity index (χ3n) is 5.16. The largest absolute Gasteiger partial charge is 0.352 e. The van der Waals surface area contributed by atoms with Gasteiger partial charge in [-0.25, -0.2) is 14.7 Å². The number of nitrogens with zero attached hydrogens (tertiary/aromatic N) is 7. The molecular formula is C20H28IN9. The van der Waals surface area contributed by atoms with Gasteiger partial charge in [0.1, 0.15) is 17.5 Å². The summed E-state index contributed by atoms with van der Waals surface area (Å²) in [5.74, 6) is 4.41. The molecular weight excluding hydrogens is 493 g/mol. The Kier molecular flexibility index (Phi) is 7.40. The van der Waals surface area contributed by atoms with E-state index >= 15 is 0 Å². The molecule has 0 aliphatic carbocycles. The van der Waals surface area contributed by atoms with Crippen LogP contribution in [-0.2, 0) is 33.1 Å². The molecule has 2 aromatic heterocycles. The molecule has 1 aliphatic heterocycles. The van der Waals surface area contributed by atoms with Crippen LogP contribution in [0.4, 0.5) is 0 Å². The van der Waals surface area contributed by atoms with Crippen LogP contribution in [0.3, 0.4) is 0 Å². The third kappa shape index (κ3) is 5.35. The zero-order valence-electron chi connectivity index (χ0n) is 17.5. The van der Waals surface area contributed by atoms with Crippen LogP contribution in [-0.4, -0.2) is 41.5 Å². The van der Waals surface area contributed by atoms with Crippen molar-refractivity contribution in [1.82, 2.24) is 40.2 Å². The average Bonchev–Trinajstić information content (AvgIpc) is 3.25. The van der Waals surface area contributed by atoms with Crippen molar-refractivity contribution < 1.29 is 0 Å². The first-order valence-electron chi connectivity index (χ1n) is 9.92. The molecule has 0 spiro atoms. The summed E-state index contributed by atoms with van der Waals surface area (Å²) in [4.78, 5) is 9.28. The van der Waals surface area contributed by atoms with Gasteiger partial charge in [0.15, 0.2) is 11.8 Å². The normalized spacial score (nSPS) is 16.0. The number of hydrogen-bond donors (Lipinski definition) is 2. The lowest BCUT2D eigenvalue weighted by Gasteiger charge is -2.25. The SMILES string of the molecule is Cc1nc2n(n1)CC(NC(=NCc1ccccc1)NCc1nnc(C)n1C)CC2.I. The van der Waals surface area contributed by atoms with Gasteiger partial charge in [-0.3, -0.25) is 0 Å². The monoisotopic (exact) mass is 521 g/mol. The van der Waals surface area contributed by atoms with Crippen molar-refractivity contribution in [2.45, 2.75) is 52.4 Å². The molecule has 4 rings (SSSR count). The summed E-state index contributed by atoms with van der Waals surface area (Å²) < 4.78 is 3.98. The molecule has 1 unspecified atom stereocenters. The van der Waals surface area contributed by atoms with Crippen molar-refractivity contribution >= 4 is 29.9 Å². The van der Waals surface area contributed by atoms with Gasteiger partial charge in [-0.1, -0.05) is 30.3 Å². The topological polar surface area (TPSA) is 97.8 Å². The van der Waals surface area contributed by atoms with Gasteiger partial charge in [0.05, 0.1) is 19.6 Å². The highest BCUT2D eigenvalue weighted by Gasteiger charge is 2.22. The number of rotatable bonds is 5. The fourth-order valence-corrected chi connectivity index (χ4v) is 3.42. The smallest absolute Gasteiger partial charge is 0.192 e. The summed E-state index contributed by atoms with van der Waals surface area (Å²) in [5.41, 5.74) is 1.17. The van der Waals surface area contributed by atoms with Crippen molar-refractivity contribution in [1.29, 1.82) is 0 Å². The minimum absolute atomic E-state index is 0. The number of aryl methyl sites for hydroxylation is 3. The number of fused-ring (bicyclic) bond motifs is 1. The number of guanidine groups is 1. The molecule has 1 aromatic carbocycles. The summed E-state index contributed by atoms with van der Waals surface area (Å²) in [5, 5.41) is 19.8. The van der Waals surface area contributed by atoms with E-state index in [2.05, 4.69) is 43.0 Å². The minimum Gasteiger partial charge on any atom is -0.352 e. The molecule has 1 atom stereocenters. The van der Waals surface area contributed by atoms with Crippen LogP contribution >= 0.6 is 24.0 Å². The molecule has 0 bridgehead atoms. The Bertz CT molecular complexity index is 993. The van der Waals surface area contributed by atoms with E-state index in [-0.39, 0.29) is 30.0 Å². The first-order chi connectivity index (χ1) is 14.1. The maximum Gasteiger partial charge on any atom is 0.192 e. The molecule has 160 valence electrons. The highest BCUT2D eigenvalue weighted by molar-refractivity contribution is 14.0. The molecule has 0 amide bonds. The Hall–Kier alpha value is -2.50. The van der Waals surface area contributed by atoms with Crippen LogP contribution in [0.2, 0.25) is 0 Å². The van der Waals surface area contributed by atoms with E-state index in [0.717, 1.165) is 48.6 Å². The lowest BCUT2D eigenvalue weighted by atomic mass is 10.1. The zero-order valence-corrected chi connectivity index (χ0v) is 19.9. The number of halogens is 1. The van der Waals surface area contributed by atoms with Crippen LogP contribution in [0.15, 0.2) is 35.3 Å². The van der Waals surface area contributed by atoms with Gasteiger partial charge in [0.25, 0.3) is 0 Å². The van der Waals surface area contributed by atoms with Crippen LogP contribution in [0.5, 0.6) is 0 Å². The van der Waals surface area contributed by atoms with Gasteiger partial charge in [-0.05, 0) is 25.8 Å². The fraction of sp³-hybridized carbons (Fsp3) is 0.450. The van der Waals surface area contributed by atoms with Gasteiger partial charge in [0.2, 0.25) is 0 Å². The highest BCUT2D eigenvalue weighted by Crippen LogP contribution is 2.13. The molecule has 3 heterocycles. The lowest BCUT2D eigenvalue weighted by Crippen LogP contribution is -2.47. The molecule has 0 radical (unpaired) electrons. The van der Waals surface area contributed by atoms with E-state index < -0.39 is 0 Å². The zero-order chi connectivity index (χ0) is 20.2. The first-order valence-corrected chi connectivity index (χ1v) is 9.92. The minimum atomic E-state index is 0. The van der Waals surface area contributed by atoms with Crippen molar-refractivity contribution in [3.05, 3.63) is 59.2 Å². The van der Waals surface area contributed by atoms with E-state index in [0.29, 0.717) is 13.1 Å². The predicted octanol–water partition coefficient (Wildman–Crippen LogP) is 1.89. The van der Waals surface area contributed by atoms with E-state index in [9.17, 15) is 0 Å². The van der Waals surface area contributed by atoms with Gasteiger partial charge < -0.3 is 15.2 Å². The van der Waals surface area contributed by atoms with E-state index in [1.165, 1.54) is 5.56 Å². The second-order valence-electron chi connectivity index (χ2n) is 7.36. The molecule has 3 aromatic rings. The predicted molar refractivity (Wildman–Crippen MR) is 126 cm³/mol. The maximum absolute atomic E-state index is 4.79. The van der Waals surface area contributed by atoms with Gasteiger partial charge in [0, 0.05) is 19.5 Å². The maximum atomic E-state index is 4.79. The summed E-state index contributed by atoms with van der Waals surface area (Å²) in [6, 6.07) is 10.5. The van der Waals surface area contributed by atoms with Gasteiger partial charge >= 0.3 is 0 Å². The summed E-state index contributed by atoms with van der Waals surface area (Å²) in [7, 11) is 1.97. The van der Waals surface area contributed by atoms with Crippen molar-refractivity contribution in [2.75, 3.05) is 0 Å². The van der Waals surface area contributed by atoms with Crippen molar-refractivity contribution in [3.63, 3.8) is 0 Å². The lowest BCUT2D eigenvalue weighted by molar-refractivity contribution is 0.392. The first kappa shape index (κ1) is 22.2. The van der Waals surface area contributed by atoms with Crippen molar-refractivity contribution in [3.8, 4) is 0 Å². The summed E-state index contributed by atoms with van der Waals surface area (Å²) in [6.45, 7) is 5.82. The van der Waals surface area contributed by atoms with Crippen LogP contribution < -0.4 is 10.6 Å². The summed E-state index contributed by atoms with van der Waals surface area (Å²) in [6.07, 6.45) is 1.90. The fourth-order valence-electron chi connectivity index (χ4n) is 3.42. The molecule has 0 fully saturated rings. The van der Waals surface area contributed by atoms with Crippen LogP contribution in [0.25, 0.3) is 0 Å². The second kappa shape index (κ2) is 10.0. The second-order valence-corrected chi connectivity index (χ2v) is 7.36. The van der Waals surface area contributed by atoms with Crippen molar-refractivity contribution in [2.24, 2.45) is 12.0 Å². The summed E-state index contributed by atoms with van der Waals surface area (Å²) >= 11 is 0. The van der Waals surface area contributed by atoms with Crippen LogP contribution in [0, 0.1) is 13.8 Å². The van der Waals surface area contributed by atoms with E-state index in [1.807, 2.05) is 48.3 Å². The molecule has 0 saturated carbocycles. The number of aromatic nitrogens is 6. The Morgan fingerprint density at radius 2 is 2.00 bits per heavy atom. The van der Waals surface area contributed by atoms with Crippen LogP contribution in [0.1, 0.15) is 35.3 Å². The molecule has 30 heavy (non-hydrogen) atoms. The Balaban J connectivity index is 0.00000256. The van der Waals surface area contributed by atoms with Gasteiger partial charge in [-0.15, -0.1) is 34.2 Å². The molecule has 9 nitrogen and oxygen atoms in total. The Labute approximate surface area is 193 Å². The standard InChI is InChI=1S/C20H27N9.HI/c1-14-23-18-10-9-17(13-29(18)27-14)24-20(21-11-16-7-5-4-6-8-16)22-12-19-26-25-15(2)28(19)3;/h4-8,17H,9-13H2,1-3H3,(H2,21,22,24);1H. The van der Waals surface area contributed by atoms with E-state index in [4.69, 9.17) is 4.99 Å². The number of nitrogens with one attached hydrogen (secondary N) is 2. The quantitative estimate of drug-likeness (QED) is 0.303. The van der Waals surface area contributed by atoms with Gasteiger partial charge in [-0.2, -0.15) is 5.10 Å². The number of aliphatic imine (C=N–C) groups is 1. The number of benzene rings is 1. The molecule has 0 saturated heterocycles. The van der Waals surface area contributed by atoms with E-state index in [1.54, 1.807) is 0 Å². The molecule has 1 aliphatic rings. The average molecular weight is 521 g/mol. The Morgan fingerprint density at radius 1 is 1.20 bits per heavy atom. The number of hydrogen-bond acceptors (Lipinski definition) is 5. The third-order valence-corrected chi connectivity index (χ3v) is 5.16. The molecule has 2 N–H and O–H groups in total. The molecule has 10 heteroatoms.